The van der Waals surface area contributed by atoms with Crippen LogP contribution in [0, 0.1) is 13.8 Å². The van der Waals surface area contributed by atoms with Gasteiger partial charge in [0.15, 0.2) is 0 Å². The van der Waals surface area contributed by atoms with Crippen LogP contribution in [-0.2, 0) is 6.61 Å². The Hall–Kier alpha value is -1.96. The van der Waals surface area contributed by atoms with Crippen LogP contribution in [0.1, 0.15) is 87.8 Å². The highest BCUT2D eigenvalue weighted by molar-refractivity contribution is 5.36. The molecule has 0 amide bonds. The molecule has 0 aliphatic carbocycles. The van der Waals surface area contributed by atoms with E-state index in [9.17, 15) is 0 Å². The summed E-state index contributed by atoms with van der Waals surface area (Å²) in [5.74, 6) is 1.91. The molecule has 0 radical (unpaired) electrons. The molecule has 160 valence electrons. The lowest BCUT2D eigenvalue weighted by Crippen LogP contribution is -1.99. The van der Waals surface area contributed by atoms with Crippen LogP contribution >= 0.6 is 0 Å². The summed E-state index contributed by atoms with van der Waals surface area (Å²) in [7, 11) is 0. The molecule has 0 unspecified atom stereocenters. The van der Waals surface area contributed by atoms with E-state index in [1.54, 1.807) is 0 Å². The molecule has 0 N–H and O–H groups in total. The van der Waals surface area contributed by atoms with Crippen molar-refractivity contribution in [2.75, 3.05) is 6.61 Å². The molecular formula is C27H40O2. The third kappa shape index (κ3) is 9.87. The molecule has 2 aromatic carbocycles. The predicted molar refractivity (Wildman–Crippen MR) is 124 cm³/mol. The summed E-state index contributed by atoms with van der Waals surface area (Å²) in [6.45, 7) is 7.87. The second-order valence-corrected chi connectivity index (χ2v) is 8.23. The first-order valence-corrected chi connectivity index (χ1v) is 11.6. The van der Waals surface area contributed by atoms with Crippen molar-refractivity contribution in [2.45, 2.75) is 91.6 Å². The molecule has 0 aliphatic rings. The zero-order valence-electron chi connectivity index (χ0n) is 18.8. The van der Waals surface area contributed by atoms with E-state index < -0.39 is 0 Å². The van der Waals surface area contributed by atoms with Gasteiger partial charge in [0, 0.05) is 0 Å². The third-order valence-electron chi connectivity index (χ3n) is 5.41. The average molecular weight is 397 g/mol. The molecular weight excluding hydrogens is 356 g/mol. The number of aryl methyl sites for hydroxylation is 2. The largest absolute Gasteiger partial charge is 0.494 e. The van der Waals surface area contributed by atoms with Crippen molar-refractivity contribution in [1.29, 1.82) is 0 Å². The maximum Gasteiger partial charge on any atom is 0.122 e. The maximum atomic E-state index is 5.95. The fourth-order valence-electron chi connectivity index (χ4n) is 3.58. The molecule has 0 saturated heterocycles. The molecule has 2 rings (SSSR count). The van der Waals surface area contributed by atoms with E-state index in [-0.39, 0.29) is 0 Å². The van der Waals surface area contributed by atoms with Gasteiger partial charge in [-0.05, 0) is 49.6 Å². The van der Waals surface area contributed by atoms with Gasteiger partial charge in [0.25, 0.3) is 0 Å². The van der Waals surface area contributed by atoms with Crippen LogP contribution in [-0.4, -0.2) is 6.61 Å². The molecule has 0 bridgehead atoms. The predicted octanol–water partition coefficient (Wildman–Crippen LogP) is 8.18. The van der Waals surface area contributed by atoms with Crippen molar-refractivity contribution in [2.24, 2.45) is 0 Å². The van der Waals surface area contributed by atoms with Crippen LogP contribution in [0.4, 0.5) is 0 Å². The highest BCUT2D eigenvalue weighted by Gasteiger charge is 2.01. The normalized spacial score (nSPS) is 10.9. The minimum Gasteiger partial charge on any atom is -0.494 e. The lowest BCUT2D eigenvalue weighted by Gasteiger charge is -2.11. The van der Waals surface area contributed by atoms with Gasteiger partial charge in [0.2, 0.25) is 0 Å². The third-order valence-corrected chi connectivity index (χ3v) is 5.41. The fourth-order valence-corrected chi connectivity index (χ4v) is 3.58. The van der Waals surface area contributed by atoms with E-state index in [2.05, 4.69) is 63.2 Å². The summed E-state index contributed by atoms with van der Waals surface area (Å²) >= 11 is 0. The number of hydrogen-bond donors (Lipinski definition) is 0. The van der Waals surface area contributed by atoms with E-state index >= 15 is 0 Å². The second-order valence-electron chi connectivity index (χ2n) is 8.23. The van der Waals surface area contributed by atoms with Crippen molar-refractivity contribution in [1.82, 2.24) is 0 Å². The summed E-state index contributed by atoms with van der Waals surface area (Å²) < 4.78 is 11.8. The molecule has 2 nitrogen and oxygen atoms in total. The molecule has 0 saturated carbocycles. The minimum atomic E-state index is 0.586. The van der Waals surface area contributed by atoms with Gasteiger partial charge in [-0.25, -0.2) is 0 Å². The second kappa shape index (κ2) is 14.1. The van der Waals surface area contributed by atoms with Crippen molar-refractivity contribution in [3.63, 3.8) is 0 Å². The Bertz CT molecular complexity index is 675. The molecule has 2 aromatic rings. The van der Waals surface area contributed by atoms with E-state index in [0.29, 0.717) is 6.61 Å². The Kier molecular flexibility index (Phi) is 11.3. The lowest BCUT2D eigenvalue weighted by atomic mass is 10.1. The van der Waals surface area contributed by atoms with E-state index in [4.69, 9.17) is 9.47 Å². The Morgan fingerprint density at radius 2 is 1.28 bits per heavy atom. The Morgan fingerprint density at radius 1 is 0.655 bits per heavy atom. The molecule has 0 aromatic heterocycles. The molecule has 29 heavy (non-hydrogen) atoms. The molecule has 2 heteroatoms. The van der Waals surface area contributed by atoms with Crippen molar-refractivity contribution < 1.29 is 9.47 Å². The topological polar surface area (TPSA) is 18.5 Å². The summed E-state index contributed by atoms with van der Waals surface area (Å²) in [6.07, 6.45) is 13.5. The number of unbranched alkanes of at least 4 members (excludes halogenated alkanes) is 9. The van der Waals surface area contributed by atoms with Gasteiger partial charge >= 0.3 is 0 Å². The first-order valence-electron chi connectivity index (χ1n) is 11.6. The fraction of sp³-hybridized carbons (Fsp3) is 0.556. The summed E-state index contributed by atoms with van der Waals surface area (Å²) in [6, 6.07) is 14.6. The van der Waals surface area contributed by atoms with Crippen LogP contribution in [0.15, 0.2) is 42.5 Å². The van der Waals surface area contributed by atoms with Crippen molar-refractivity contribution in [3.05, 3.63) is 59.2 Å². The number of ether oxygens (including phenoxy) is 2. The molecule has 0 atom stereocenters. The van der Waals surface area contributed by atoms with E-state index in [1.165, 1.54) is 68.9 Å². The highest BCUT2D eigenvalue weighted by Crippen LogP contribution is 2.21. The standard InChI is InChI=1S/C27H40O2/c1-4-5-6-7-8-9-10-11-12-13-20-28-26-17-15-25(16-18-26)22-29-27-19-14-23(2)21-24(27)3/h14-19,21H,4-13,20,22H2,1-3H3. The monoisotopic (exact) mass is 396 g/mol. The van der Waals surface area contributed by atoms with Crippen molar-refractivity contribution >= 4 is 0 Å². The first kappa shape index (κ1) is 23.3. The van der Waals surface area contributed by atoms with Gasteiger partial charge in [0.05, 0.1) is 6.61 Å². The van der Waals surface area contributed by atoms with Crippen LogP contribution < -0.4 is 9.47 Å². The van der Waals surface area contributed by atoms with E-state index in [0.717, 1.165) is 30.1 Å². The SMILES string of the molecule is CCCCCCCCCCCCOc1ccc(COc2ccc(C)cc2C)cc1. The maximum absolute atomic E-state index is 5.95. The summed E-state index contributed by atoms with van der Waals surface area (Å²) in [5.41, 5.74) is 3.61. The highest BCUT2D eigenvalue weighted by atomic mass is 16.5. The molecule has 0 heterocycles. The Labute approximate surface area is 178 Å². The molecule has 0 fully saturated rings. The lowest BCUT2D eigenvalue weighted by molar-refractivity contribution is 0.299. The zero-order valence-corrected chi connectivity index (χ0v) is 18.8. The average Bonchev–Trinajstić information content (AvgIpc) is 2.72. The smallest absolute Gasteiger partial charge is 0.122 e. The summed E-state index contributed by atoms with van der Waals surface area (Å²) in [5, 5.41) is 0. The number of hydrogen-bond acceptors (Lipinski definition) is 2. The molecule has 0 aliphatic heterocycles. The van der Waals surface area contributed by atoms with Gasteiger partial charge in [0.1, 0.15) is 18.1 Å². The van der Waals surface area contributed by atoms with Gasteiger partial charge in [-0.1, -0.05) is 94.5 Å². The van der Waals surface area contributed by atoms with Gasteiger partial charge in [-0.3, -0.25) is 0 Å². The first-order chi connectivity index (χ1) is 14.2. The zero-order chi connectivity index (χ0) is 20.7. The Morgan fingerprint density at radius 3 is 1.90 bits per heavy atom. The number of benzene rings is 2. The van der Waals surface area contributed by atoms with E-state index in [1.807, 2.05) is 0 Å². The van der Waals surface area contributed by atoms with Crippen LogP contribution in [0.3, 0.4) is 0 Å². The van der Waals surface area contributed by atoms with Gasteiger partial charge in [-0.2, -0.15) is 0 Å². The quantitative estimate of drug-likeness (QED) is 0.283. The Balaban J connectivity index is 1.54. The number of rotatable bonds is 15. The molecule has 0 spiro atoms. The van der Waals surface area contributed by atoms with Crippen LogP contribution in [0.2, 0.25) is 0 Å². The van der Waals surface area contributed by atoms with Crippen LogP contribution in [0.5, 0.6) is 11.5 Å². The van der Waals surface area contributed by atoms with Gasteiger partial charge in [-0.15, -0.1) is 0 Å². The van der Waals surface area contributed by atoms with Gasteiger partial charge < -0.3 is 9.47 Å². The minimum absolute atomic E-state index is 0.586. The van der Waals surface area contributed by atoms with Crippen molar-refractivity contribution in [3.8, 4) is 11.5 Å². The summed E-state index contributed by atoms with van der Waals surface area (Å²) in [4.78, 5) is 0. The van der Waals surface area contributed by atoms with Crippen LogP contribution in [0.25, 0.3) is 0 Å².